The van der Waals surface area contributed by atoms with Crippen LogP contribution in [0.1, 0.15) is 37.5 Å². The highest BCUT2D eigenvalue weighted by Crippen LogP contribution is 2.15. The number of hydrogen-bond donors (Lipinski definition) is 1. The van der Waals surface area contributed by atoms with Gasteiger partial charge in [-0.3, -0.25) is 4.90 Å². The third kappa shape index (κ3) is 8.15. The molecular weight excluding hydrogens is 328 g/mol. The third-order valence-electron chi connectivity index (χ3n) is 4.19. The second kappa shape index (κ2) is 10.00. The van der Waals surface area contributed by atoms with Crippen molar-refractivity contribution in [3.63, 3.8) is 0 Å². The first-order chi connectivity index (χ1) is 12.8. The van der Waals surface area contributed by atoms with E-state index in [1.54, 1.807) is 0 Å². The monoisotopic (exact) mass is 360 g/mol. The summed E-state index contributed by atoms with van der Waals surface area (Å²) in [6, 6.07) is 17.2. The molecule has 2 heteroatoms. The first-order valence-corrected chi connectivity index (χ1v) is 9.57. The molecule has 0 aromatic heterocycles. The predicted octanol–water partition coefficient (Wildman–Crippen LogP) is 5.64. The molecule has 0 spiro atoms. The standard InChI is InChI=1S/C25H32N2/c1-21-12-7-8-14-23(21)19-26-24-15-11-13-22(18-24)20-27(5)17-10-6-9-16-25(2,3)4/h6-8,10-15,18,26H,17,19-20H2,1-5H3. The van der Waals surface area contributed by atoms with Gasteiger partial charge in [0, 0.05) is 30.7 Å². The van der Waals surface area contributed by atoms with Crippen molar-refractivity contribution in [1.82, 2.24) is 4.90 Å². The van der Waals surface area contributed by atoms with Gasteiger partial charge in [0.2, 0.25) is 0 Å². The summed E-state index contributed by atoms with van der Waals surface area (Å²) in [4.78, 5) is 2.29. The van der Waals surface area contributed by atoms with Gasteiger partial charge in [-0.2, -0.15) is 0 Å². The number of aryl methyl sites for hydroxylation is 1. The Hall–Kier alpha value is -2.50. The first kappa shape index (κ1) is 20.8. The summed E-state index contributed by atoms with van der Waals surface area (Å²) < 4.78 is 0. The lowest BCUT2D eigenvalue weighted by Crippen LogP contribution is -2.17. The van der Waals surface area contributed by atoms with Crippen LogP contribution in [-0.4, -0.2) is 18.5 Å². The maximum absolute atomic E-state index is 3.54. The average Bonchev–Trinajstić information content (AvgIpc) is 2.60. The summed E-state index contributed by atoms with van der Waals surface area (Å²) in [6.07, 6.45) is 4.08. The van der Waals surface area contributed by atoms with Crippen molar-refractivity contribution in [3.05, 3.63) is 77.4 Å². The molecule has 0 unspecified atom stereocenters. The highest BCUT2D eigenvalue weighted by molar-refractivity contribution is 5.46. The Morgan fingerprint density at radius 1 is 1.07 bits per heavy atom. The van der Waals surface area contributed by atoms with E-state index in [-0.39, 0.29) is 5.41 Å². The van der Waals surface area contributed by atoms with Crippen molar-refractivity contribution < 1.29 is 0 Å². The lowest BCUT2D eigenvalue weighted by molar-refractivity contribution is 0.363. The molecule has 0 fully saturated rings. The molecule has 2 nitrogen and oxygen atoms in total. The van der Waals surface area contributed by atoms with Crippen LogP contribution in [0.2, 0.25) is 0 Å². The maximum Gasteiger partial charge on any atom is 0.0403 e. The topological polar surface area (TPSA) is 15.3 Å². The van der Waals surface area contributed by atoms with Gasteiger partial charge in [-0.15, -0.1) is 0 Å². The van der Waals surface area contributed by atoms with Gasteiger partial charge in [-0.25, -0.2) is 0 Å². The number of allylic oxidation sites excluding steroid dienone is 1. The van der Waals surface area contributed by atoms with E-state index in [0.29, 0.717) is 0 Å². The van der Waals surface area contributed by atoms with Gasteiger partial charge in [0.05, 0.1) is 0 Å². The van der Waals surface area contributed by atoms with Crippen LogP contribution in [0.15, 0.2) is 60.7 Å². The molecule has 0 aliphatic heterocycles. The minimum atomic E-state index is 0.0575. The highest BCUT2D eigenvalue weighted by Gasteiger charge is 2.03. The lowest BCUT2D eigenvalue weighted by atomic mass is 9.98. The van der Waals surface area contributed by atoms with Gasteiger partial charge in [-0.1, -0.05) is 54.3 Å². The SMILES string of the molecule is Cc1ccccc1CNc1cccc(CN(C)CC=CC#CC(C)(C)C)c1. The zero-order valence-electron chi connectivity index (χ0n) is 17.3. The summed E-state index contributed by atoms with van der Waals surface area (Å²) in [6.45, 7) is 11.2. The van der Waals surface area contributed by atoms with Crippen LogP contribution in [0.4, 0.5) is 5.69 Å². The predicted molar refractivity (Wildman–Crippen MR) is 118 cm³/mol. The molecule has 0 aliphatic rings. The largest absolute Gasteiger partial charge is 0.381 e. The van der Waals surface area contributed by atoms with Gasteiger partial charge >= 0.3 is 0 Å². The Balaban J connectivity index is 1.86. The molecule has 2 aromatic carbocycles. The van der Waals surface area contributed by atoms with Gasteiger partial charge in [0.25, 0.3) is 0 Å². The Kier molecular flexibility index (Phi) is 7.70. The summed E-state index contributed by atoms with van der Waals surface area (Å²) in [7, 11) is 2.13. The highest BCUT2D eigenvalue weighted by atomic mass is 15.1. The maximum atomic E-state index is 3.54. The molecule has 2 rings (SSSR count). The molecule has 27 heavy (non-hydrogen) atoms. The van der Waals surface area contributed by atoms with E-state index in [1.165, 1.54) is 16.7 Å². The van der Waals surface area contributed by atoms with Crippen molar-refractivity contribution in [2.75, 3.05) is 18.9 Å². The zero-order valence-corrected chi connectivity index (χ0v) is 17.3. The summed E-state index contributed by atoms with van der Waals surface area (Å²) in [5, 5.41) is 3.54. The minimum Gasteiger partial charge on any atom is -0.381 e. The van der Waals surface area contributed by atoms with E-state index < -0.39 is 0 Å². The van der Waals surface area contributed by atoms with E-state index in [0.717, 1.165) is 25.3 Å². The van der Waals surface area contributed by atoms with Crippen LogP contribution >= 0.6 is 0 Å². The summed E-state index contributed by atoms with van der Waals surface area (Å²) >= 11 is 0. The average molecular weight is 361 g/mol. The molecule has 0 aliphatic carbocycles. The molecule has 0 amide bonds. The first-order valence-electron chi connectivity index (χ1n) is 9.57. The molecule has 0 saturated carbocycles. The van der Waals surface area contributed by atoms with Crippen LogP contribution < -0.4 is 5.32 Å². The van der Waals surface area contributed by atoms with Gasteiger partial charge in [0.1, 0.15) is 0 Å². The fourth-order valence-electron chi connectivity index (χ4n) is 2.71. The van der Waals surface area contributed by atoms with Crippen LogP contribution in [0, 0.1) is 24.2 Å². The van der Waals surface area contributed by atoms with Crippen LogP contribution in [0.3, 0.4) is 0 Å². The number of nitrogens with zero attached hydrogens (tertiary/aromatic N) is 1. The Morgan fingerprint density at radius 2 is 1.85 bits per heavy atom. The second-order valence-electron chi connectivity index (χ2n) is 8.10. The van der Waals surface area contributed by atoms with E-state index in [1.807, 2.05) is 6.08 Å². The fourth-order valence-corrected chi connectivity index (χ4v) is 2.71. The number of hydrogen-bond acceptors (Lipinski definition) is 2. The molecule has 142 valence electrons. The van der Waals surface area contributed by atoms with Gasteiger partial charge in [0.15, 0.2) is 0 Å². The number of rotatable bonds is 7. The Morgan fingerprint density at radius 3 is 2.59 bits per heavy atom. The number of nitrogens with one attached hydrogen (secondary N) is 1. The van der Waals surface area contributed by atoms with E-state index in [4.69, 9.17) is 0 Å². The van der Waals surface area contributed by atoms with Crippen molar-refractivity contribution in [1.29, 1.82) is 0 Å². The number of anilines is 1. The van der Waals surface area contributed by atoms with Crippen LogP contribution in [0.25, 0.3) is 0 Å². The van der Waals surface area contributed by atoms with Crippen molar-refractivity contribution in [2.45, 2.75) is 40.8 Å². The Labute approximate surface area is 165 Å². The third-order valence-corrected chi connectivity index (χ3v) is 4.19. The molecule has 2 aromatic rings. The van der Waals surface area contributed by atoms with Gasteiger partial charge in [-0.05, 0) is 69.6 Å². The van der Waals surface area contributed by atoms with E-state index in [9.17, 15) is 0 Å². The molecule has 0 bridgehead atoms. The quantitative estimate of drug-likeness (QED) is 0.642. The van der Waals surface area contributed by atoms with E-state index >= 15 is 0 Å². The number of benzene rings is 2. The Bertz CT molecular complexity index is 816. The van der Waals surface area contributed by atoms with Crippen molar-refractivity contribution in [3.8, 4) is 11.8 Å². The molecular formula is C25H32N2. The van der Waals surface area contributed by atoms with Gasteiger partial charge < -0.3 is 5.32 Å². The zero-order chi connectivity index (χ0) is 19.7. The van der Waals surface area contributed by atoms with Crippen molar-refractivity contribution in [2.24, 2.45) is 5.41 Å². The lowest BCUT2D eigenvalue weighted by Gasteiger charge is -2.15. The molecule has 0 radical (unpaired) electrons. The molecule has 1 N–H and O–H groups in total. The summed E-state index contributed by atoms with van der Waals surface area (Å²) in [5.41, 5.74) is 5.18. The molecule has 0 saturated heterocycles. The van der Waals surface area contributed by atoms with Crippen LogP contribution in [-0.2, 0) is 13.1 Å². The second-order valence-corrected chi connectivity index (χ2v) is 8.10. The number of likely N-dealkylation sites (N-methyl/N-ethyl adjacent to an activating group) is 1. The molecule has 0 atom stereocenters. The summed E-state index contributed by atoms with van der Waals surface area (Å²) in [5.74, 6) is 6.34. The molecule has 0 heterocycles. The smallest absolute Gasteiger partial charge is 0.0403 e. The normalized spacial score (nSPS) is 11.5. The van der Waals surface area contributed by atoms with E-state index in [2.05, 4.69) is 111 Å². The minimum absolute atomic E-state index is 0.0575. The van der Waals surface area contributed by atoms with Crippen LogP contribution in [0.5, 0.6) is 0 Å². The van der Waals surface area contributed by atoms with Crippen molar-refractivity contribution >= 4 is 5.69 Å². The fraction of sp³-hybridized carbons (Fsp3) is 0.360.